The van der Waals surface area contributed by atoms with E-state index >= 15 is 0 Å². The SMILES string of the molecule is CCNCCC(=O)NCc1ccc(OC)cc1OC. The van der Waals surface area contributed by atoms with Crippen LogP contribution in [0.2, 0.25) is 0 Å². The van der Waals surface area contributed by atoms with Crippen molar-refractivity contribution in [2.75, 3.05) is 27.3 Å². The first-order chi connectivity index (χ1) is 9.21. The number of amides is 1. The lowest BCUT2D eigenvalue weighted by Crippen LogP contribution is -2.27. The standard InChI is InChI=1S/C14H22N2O3/c1-4-15-8-7-14(17)16-10-11-5-6-12(18-2)9-13(11)19-3/h5-6,9,15H,4,7-8,10H2,1-3H3,(H,16,17). The Kier molecular flexibility index (Phi) is 6.74. The van der Waals surface area contributed by atoms with Crippen LogP contribution < -0.4 is 20.1 Å². The summed E-state index contributed by atoms with van der Waals surface area (Å²) in [6.07, 6.45) is 0.478. The molecule has 0 saturated carbocycles. The van der Waals surface area contributed by atoms with Gasteiger partial charge in [-0.2, -0.15) is 0 Å². The number of rotatable bonds is 8. The maximum atomic E-state index is 11.6. The van der Waals surface area contributed by atoms with E-state index in [9.17, 15) is 4.79 Å². The zero-order chi connectivity index (χ0) is 14.1. The van der Waals surface area contributed by atoms with Crippen LogP contribution in [0.25, 0.3) is 0 Å². The number of methoxy groups -OCH3 is 2. The number of ether oxygens (including phenoxy) is 2. The number of carbonyl (C=O) groups excluding carboxylic acids is 1. The second-order valence-electron chi connectivity index (χ2n) is 4.06. The molecule has 0 heterocycles. The maximum absolute atomic E-state index is 11.6. The highest BCUT2D eigenvalue weighted by Crippen LogP contribution is 2.24. The monoisotopic (exact) mass is 266 g/mol. The highest BCUT2D eigenvalue weighted by molar-refractivity contribution is 5.76. The molecule has 106 valence electrons. The molecule has 0 aromatic heterocycles. The molecule has 0 bridgehead atoms. The van der Waals surface area contributed by atoms with E-state index in [0.717, 1.165) is 17.9 Å². The lowest BCUT2D eigenvalue weighted by Gasteiger charge is -2.11. The second-order valence-corrected chi connectivity index (χ2v) is 4.06. The molecule has 1 aromatic rings. The van der Waals surface area contributed by atoms with E-state index in [-0.39, 0.29) is 5.91 Å². The van der Waals surface area contributed by atoms with Gasteiger partial charge in [0, 0.05) is 31.1 Å². The van der Waals surface area contributed by atoms with Gasteiger partial charge in [-0.15, -0.1) is 0 Å². The number of hydrogen-bond donors (Lipinski definition) is 2. The van der Waals surface area contributed by atoms with Crippen molar-refractivity contribution in [2.45, 2.75) is 19.9 Å². The van der Waals surface area contributed by atoms with Crippen LogP contribution >= 0.6 is 0 Å². The summed E-state index contributed by atoms with van der Waals surface area (Å²) in [7, 11) is 3.21. The Balaban J connectivity index is 2.50. The minimum atomic E-state index is 0.0267. The van der Waals surface area contributed by atoms with E-state index < -0.39 is 0 Å². The van der Waals surface area contributed by atoms with Crippen LogP contribution in [0.3, 0.4) is 0 Å². The summed E-state index contributed by atoms with van der Waals surface area (Å²) in [6.45, 7) is 4.04. The molecule has 2 N–H and O–H groups in total. The van der Waals surface area contributed by atoms with Crippen LogP contribution in [0.15, 0.2) is 18.2 Å². The molecule has 0 aliphatic rings. The van der Waals surface area contributed by atoms with E-state index in [1.165, 1.54) is 0 Å². The molecule has 1 amide bonds. The molecule has 0 unspecified atom stereocenters. The van der Waals surface area contributed by atoms with Crippen molar-refractivity contribution in [3.8, 4) is 11.5 Å². The van der Waals surface area contributed by atoms with Gasteiger partial charge in [0.1, 0.15) is 11.5 Å². The number of hydrogen-bond acceptors (Lipinski definition) is 4. The Morgan fingerprint density at radius 3 is 2.68 bits per heavy atom. The van der Waals surface area contributed by atoms with Crippen LogP contribution in [-0.2, 0) is 11.3 Å². The summed E-state index contributed by atoms with van der Waals surface area (Å²) in [6, 6.07) is 5.55. The fourth-order valence-corrected chi connectivity index (χ4v) is 1.66. The first kappa shape index (κ1) is 15.3. The van der Waals surface area contributed by atoms with E-state index in [4.69, 9.17) is 9.47 Å². The summed E-state index contributed by atoms with van der Waals surface area (Å²) >= 11 is 0. The van der Waals surface area contributed by atoms with Crippen LogP contribution in [-0.4, -0.2) is 33.2 Å². The topological polar surface area (TPSA) is 59.6 Å². The highest BCUT2D eigenvalue weighted by atomic mass is 16.5. The zero-order valence-corrected chi connectivity index (χ0v) is 11.8. The highest BCUT2D eigenvalue weighted by Gasteiger charge is 2.06. The number of nitrogens with one attached hydrogen (secondary N) is 2. The minimum absolute atomic E-state index is 0.0267. The van der Waals surface area contributed by atoms with Crippen LogP contribution in [0, 0.1) is 0 Å². The largest absolute Gasteiger partial charge is 0.497 e. The molecular weight excluding hydrogens is 244 g/mol. The molecule has 0 spiro atoms. The Morgan fingerprint density at radius 2 is 2.05 bits per heavy atom. The van der Waals surface area contributed by atoms with Gasteiger partial charge in [-0.05, 0) is 18.7 Å². The van der Waals surface area contributed by atoms with Gasteiger partial charge < -0.3 is 20.1 Å². The van der Waals surface area contributed by atoms with Gasteiger partial charge in [-0.3, -0.25) is 4.79 Å². The fourth-order valence-electron chi connectivity index (χ4n) is 1.66. The molecule has 5 nitrogen and oxygen atoms in total. The van der Waals surface area contributed by atoms with Crippen LogP contribution in [0.5, 0.6) is 11.5 Å². The van der Waals surface area contributed by atoms with Crippen molar-refractivity contribution in [2.24, 2.45) is 0 Å². The maximum Gasteiger partial charge on any atom is 0.221 e. The molecule has 1 aromatic carbocycles. The Hall–Kier alpha value is -1.75. The lowest BCUT2D eigenvalue weighted by atomic mass is 10.2. The van der Waals surface area contributed by atoms with Crippen LogP contribution in [0.4, 0.5) is 0 Å². The van der Waals surface area contributed by atoms with Crippen molar-refractivity contribution in [3.05, 3.63) is 23.8 Å². The van der Waals surface area contributed by atoms with Gasteiger partial charge in [0.2, 0.25) is 5.91 Å². The van der Waals surface area contributed by atoms with Gasteiger partial charge >= 0.3 is 0 Å². The molecule has 0 aliphatic heterocycles. The lowest BCUT2D eigenvalue weighted by molar-refractivity contribution is -0.121. The third kappa shape index (κ3) is 5.18. The third-order valence-electron chi connectivity index (χ3n) is 2.75. The van der Waals surface area contributed by atoms with E-state index in [2.05, 4.69) is 10.6 Å². The van der Waals surface area contributed by atoms with Crippen molar-refractivity contribution in [1.82, 2.24) is 10.6 Å². The van der Waals surface area contributed by atoms with E-state index in [1.807, 2.05) is 19.1 Å². The normalized spacial score (nSPS) is 10.1. The molecule has 5 heteroatoms. The van der Waals surface area contributed by atoms with Gasteiger partial charge in [0.05, 0.1) is 14.2 Å². The third-order valence-corrected chi connectivity index (χ3v) is 2.75. The average molecular weight is 266 g/mol. The van der Waals surface area contributed by atoms with E-state index in [0.29, 0.717) is 25.3 Å². The smallest absolute Gasteiger partial charge is 0.221 e. The number of benzene rings is 1. The Morgan fingerprint density at radius 1 is 1.26 bits per heavy atom. The quantitative estimate of drug-likeness (QED) is 0.697. The van der Waals surface area contributed by atoms with Crippen molar-refractivity contribution < 1.29 is 14.3 Å². The molecule has 0 radical (unpaired) electrons. The molecule has 19 heavy (non-hydrogen) atoms. The Labute approximate surface area is 114 Å². The minimum Gasteiger partial charge on any atom is -0.497 e. The summed E-state index contributed by atoms with van der Waals surface area (Å²) < 4.78 is 10.4. The summed E-state index contributed by atoms with van der Waals surface area (Å²) in [5.41, 5.74) is 0.931. The van der Waals surface area contributed by atoms with Crippen molar-refractivity contribution in [1.29, 1.82) is 0 Å². The molecular formula is C14H22N2O3. The van der Waals surface area contributed by atoms with Gasteiger partial charge in [0.15, 0.2) is 0 Å². The average Bonchev–Trinajstić information content (AvgIpc) is 2.45. The first-order valence-electron chi connectivity index (χ1n) is 6.39. The van der Waals surface area contributed by atoms with E-state index in [1.54, 1.807) is 20.3 Å². The predicted octanol–water partition coefficient (Wildman–Crippen LogP) is 1.32. The summed E-state index contributed by atoms with van der Waals surface area (Å²) in [5, 5.41) is 5.98. The predicted molar refractivity (Wildman–Crippen MR) is 74.6 cm³/mol. The molecule has 0 aliphatic carbocycles. The first-order valence-corrected chi connectivity index (χ1v) is 6.39. The summed E-state index contributed by atoms with van der Waals surface area (Å²) in [5.74, 6) is 1.48. The van der Waals surface area contributed by atoms with Gasteiger partial charge in [0.25, 0.3) is 0 Å². The fraction of sp³-hybridized carbons (Fsp3) is 0.500. The summed E-state index contributed by atoms with van der Waals surface area (Å²) in [4.78, 5) is 11.6. The zero-order valence-electron chi connectivity index (χ0n) is 11.8. The molecule has 0 saturated heterocycles. The number of carbonyl (C=O) groups is 1. The molecule has 1 rings (SSSR count). The van der Waals surface area contributed by atoms with Crippen molar-refractivity contribution in [3.63, 3.8) is 0 Å². The van der Waals surface area contributed by atoms with Crippen molar-refractivity contribution >= 4 is 5.91 Å². The molecule has 0 atom stereocenters. The Bertz CT molecular complexity index is 408. The van der Waals surface area contributed by atoms with Crippen LogP contribution in [0.1, 0.15) is 18.9 Å². The van der Waals surface area contributed by atoms with Gasteiger partial charge in [-0.1, -0.05) is 6.92 Å². The van der Waals surface area contributed by atoms with Gasteiger partial charge in [-0.25, -0.2) is 0 Å². The molecule has 0 fully saturated rings. The second kappa shape index (κ2) is 8.37.